The summed E-state index contributed by atoms with van der Waals surface area (Å²) in [6.07, 6.45) is 1.47. The third-order valence-corrected chi connectivity index (χ3v) is 4.62. The maximum atomic E-state index is 12.3. The van der Waals surface area contributed by atoms with Crippen molar-refractivity contribution >= 4 is 29.9 Å². The molecule has 1 aromatic heterocycles. The molecule has 28 heavy (non-hydrogen) atoms. The molecule has 1 aliphatic rings. The molecule has 3 rings (SSSR count). The number of aromatic nitrogens is 1. The second kappa shape index (κ2) is 7.15. The van der Waals surface area contributed by atoms with E-state index in [1.807, 2.05) is 24.5 Å². The number of hydrogen-bond donors (Lipinski definition) is 1. The highest BCUT2D eigenvalue weighted by Crippen LogP contribution is 2.24. The Kier molecular flexibility index (Phi) is 4.87. The first kappa shape index (κ1) is 19.1. The number of carbonyl (C=O) groups is 4. The molecule has 0 saturated carbocycles. The van der Waals surface area contributed by atoms with Crippen LogP contribution in [-0.4, -0.2) is 47.4 Å². The molecule has 1 aromatic carbocycles. The van der Waals surface area contributed by atoms with E-state index < -0.39 is 23.8 Å². The molecule has 8 heteroatoms. The molecule has 0 aliphatic carbocycles. The van der Waals surface area contributed by atoms with Gasteiger partial charge in [0.25, 0.3) is 11.8 Å². The summed E-state index contributed by atoms with van der Waals surface area (Å²) >= 11 is 0. The standard InChI is InChI=1S/C20H19N3O5/c1-11-9-14(10-16-17(24)21-20(27)22(3)18(16)25)12(2)23(11)15-7-5-13(6-8-15)19(26)28-4/h5-10H,1-4H3,(H,21,24,27)/b16-10+. The second-order valence-electron chi connectivity index (χ2n) is 6.38. The van der Waals surface area contributed by atoms with Crippen LogP contribution in [0.4, 0.5) is 4.79 Å². The summed E-state index contributed by atoms with van der Waals surface area (Å²) in [5.41, 5.74) is 3.51. The van der Waals surface area contributed by atoms with Crippen molar-refractivity contribution in [1.82, 2.24) is 14.8 Å². The van der Waals surface area contributed by atoms with Gasteiger partial charge in [0.1, 0.15) is 5.57 Å². The van der Waals surface area contributed by atoms with Crippen molar-refractivity contribution in [3.63, 3.8) is 0 Å². The van der Waals surface area contributed by atoms with Crippen molar-refractivity contribution in [3.8, 4) is 5.69 Å². The zero-order chi connectivity index (χ0) is 20.6. The molecule has 1 aliphatic heterocycles. The van der Waals surface area contributed by atoms with Crippen molar-refractivity contribution < 1.29 is 23.9 Å². The number of hydrogen-bond acceptors (Lipinski definition) is 5. The van der Waals surface area contributed by atoms with Crippen molar-refractivity contribution in [2.75, 3.05) is 14.2 Å². The van der Waals surface area contributed by atoms with Gasteiger partial charge in [0.15, 0.2) is 0 Å². The minimum Gasteiger partial charge on any atom is -0.465 e. The Labute approximate surface area is 161 Å². The number of barbiturate groups is 1. The lowest BCUT2D eigenvalue weighted by Gasteiger charge is -2.22. The van der Waals surface area contributed by atoms with Crippen LogP contribution in [0.1, 0.15) is 27.3 Å². The minimum absolute atomic E-state index is 0.108. The predicted molar refractivity (Wildman–Crippen MR) is 101 cm³/mol. The highest BCUT2D eigenvalue weighted by atomic mass is 16.5. The van der Waals surface area contributed by atoms with Crippen LogP contribution in [0.15, 0.2) is 35.9 Å². The van der Waals surface area contributed by atoms with Crippen LogP contribution >= 0.6 is 0 Å². The summed E-state index contributed by atoms with van der Waals surface area (Å²) in [7, 11) is 2.63. The number of nitrogens with zero attached hydrogens (tertiary/aromatic N) is 2. The van der Waals surface area contributed by atoms with Gasteiger partial charge in [-0.25, -0.2) is 9.59 Å². The fourth-order valence-corrected chi connectivity index (χ4v) is 3.10. The fraction of sp³-hybridized carbons (Fsp3) is 0.200. The van der Waals surface area contributed by atoms with Crippen LogP contribution in [0.2, 0.25) is 0 Å². The molecule has 1 fully saturated rings. The third-order valence-electron chi connectivity index (χ3n) is 4.62. The van der Waals surface area contributed by atoms with E-state index in [2.05, 4.69) is 5.32 Å². The number of methoxy groups -OCH3 is 1. The summed E-state index contributed by atoms with van der Waals surface area (Å²) < 4.78 is 6.64. The van der Waals surface area contributed by atoms with Gasteiger partial charge in [-0.15, -0.1) is 0 Å². The SMILES string of the molecule is COC(=O)c1ccc(-n2c(C)cc(/C=C3\C(=O)NC(=O)N(C)C3=O)c2C)cc1. The van der Waals surface area contributed by atoms with Crippen molar-refractivity contribution in [2.24, 2.45) is 0 Å². The molecular formula is C20H19N3O5. The van der Waals surface area contributed by atoms with Crippen LogP contribution < -0.4 is 5.32 Å². The van der Waals surface area contributed by atoms with E-state index in [0.29, 0.717) is 11.1 Å². The molecule has 0 radical (unpaired) electrons. The summed E-state index contributed by atoms with van der Waals surface area (Å²) in [5.74, 6) is -1.79. The molecule has 144 valence electrons. The van der Waals surface area contributed by atoms with Gasteiger partial charge in [0.2, 0.25) is 0 Å². The van der Waals surface area contributed by atoms with Crippen molar-refractivity contribution in [3.05, 3.63) is 58.4 Å². The number of carbonyl (C=O) groups excluding carboxylic acids is 4. The average Bonchev–Trinajstić information content (AvgIpc) is 2.96. The van der Waals surface area contributed by atoms with E-state index in [9.17, 15) is 19.2 Å². The van der Waals surface area contributed by atoms with Crippen LogP contribution in [0.25, 0.3) is 11.8 Å². The number of esters is 1. The number of rotatable bonds is 3. The third kappa shape index (κ3) is 3.20. The number of aryl methyl sites for hydroxylation is 1. The number of nitrogens with one attached hydrogen (secondary N) is 1. The van der Waals surface area contributed by atoms with Crippen molar-refractivity contribution in [2.45, 2.75) is 13.8 Å². The number of benzene rings is 1. The molecule has 0 unspecified atom stereocenters. The molecular weight excluding hydrogens is 362 g/mol. The highest BCUT2D eigenvalue weighted by Gasteiger charge is 2.33. The van der Waals surface area contributed by atoms with Gasteiger partial charge in [-0.3, -0.25) is 19.8 Å². The Morgan fingerprint density at radius 2 is 1.75 bits per heavy atom. The van der Waals surface area contributed by atoms with E-state index >= 15 is 0 Å². The van der Waals surface area contributed by atoms with E-state index in [1.54, 1.807) is 24.3 Å². The van der Waals surface area contributed by atoms with E-state index in [4.69, 9.17) is 4.74 Å². The molecule has 2 heterocycles. The van der Waals surface area contributed by atoms with Crippen molar-refractivity contribution in [1.29, 1.82) is 0 Å². The summed E-state index contributed by atoms with van der Waals surface area (Å²) in [5, 5.41) is 2.13. The first-order chi connectivity index (χ1) is 13.2. The Morgan fingerprint density at radius 1 is 1.11 bits per heavy atom. The zero-order valence-electron chi connectivity index (χ0n) is 15.9. The molecule has 4 amide bonds. The summed E-state index contributed by atoms with van der Waals surface area (Å²) in [6, 6.07) is 7.99. The Hall–Kier alpha value is -3.68. The fourth-order valence-electron chi connectivity index (χ4n) is 3.10. The van der Waals surface area contributed by atoms with Gasteiger partial charge >= 0.3 is 12.0 Å². The molecule has 2 aromatic rings. The lowest BCUT2D eigenvalue weighted by atomic mass is 10.1. The largest absolute Gasteiger partial charge is 0.465 e. The molecule has 1 saturated heterocycles. The van der Waals surface area contributed by atoms with E-state index in [0.717, 1.165) is 22.0 Å². The van der Waals surface area contributed by atoms with Crippen LogP contribution in [0, 0.1) is 13.8 Å². The lowest BCUT2D eigenvalue weighted by Crippen LogP contribution is -2.52. The first-order valence-electron chi connectivity index (χ1n) is 8.47. The highest BCUT2D eigenvalue weighted by molar-refractivity contribution is 6.30. The van der Waals surface area contributed by atoms with Gasteiger partial charge in [0, 0.05) is 24.1 Å². The molecule has 0 bridgehead atoms. The van der Waals surface area contributed by atoms with Crippen LogP contribution in [0.5, 0.6) is 0 Å². The summed E-state index contributed by atoms with van der Waals surface area (Å²) in [4.78, 5) is 48.3. The quantitative estimate of drug-likeness (QED) is 0.498. The second-order valence-corrected chi connectivity index (χ2v) is 6.38. The number of urea groups is 1. The number of amides is 4. The van der Waals surface area contributed by atoms with E-state index in [1.165, 1.54) is 20.2 Å². The van der Waals surface area contributed by atoms with Gasteiger partial charge < -0.3 is 9.30 Å². The van der Waals surface area contributed by atoms with Gasteiger partial charge in [-0.2, -0.15) is 0 Å². The number of likely N-dealkylation sites (N-methyl/N-ethyl adjacent to an activating group) is 1. The number of imide groups is 2. The van der Waals surface area contributed by atoms with Crippen LogP contribution in [0.3, 0.4) is 0 Å². The normalized spacial score (nSPS) is 15.8. The summed E-state index contributed by atoms with van der Waals surface area (Å²) in [6.45, 7) is 3.75. The Morgan fingerprint density at radius 3 is 2.36 bits per heavy atom. The molecule has 8 nitrogen and oxygen atoms in total. The maximum Gasteiger partial charge on any atom is 0.337 e. The van der Waals surface area contributed by atoms with Gasteiger partial charge in [-0.1, -0.05) is 0 Å². The molecule has 0 atom stereocenters. The monoisotopic (exact) mass is 381 g/mol. The van der Waals surface area contributed by atoms with Crippen LogP contribution in [-0.2, 0) is 14.3 Å². The first-order valence-corrected chi connectivity index (χ1v) is 8.47. The zero-order valence-corrected chi connectivity index (χ0v) is 15.9. The topological polar surface area (TPSA) is 97.7 Å². The molecule has 0 spiro atoms. The van der Waals surface area contributed by atoms with Gasteiger partial charge in [-0.05, 0) is 55.8 Å². The Bertz CT molecular complexity index is 1030. The van der Waals surface area contributed by atoms with Gasteiger partial charge in [0.05, 0.1) is 12.7 Å². The minimum atomic E-state index is -0.747. The Balaban J connectivity index is 2.01. The van der Waals surface area contributed by atoms with E-state index in [-0.39, 0.29) is 5.57 Å². The average molecular weight is 381 g/mol. The number of ether oxygens (including phenoxy) is 1. The smallest absolute Gasteiger partial charge is 0.337 e. The maximum absolute atomic E-state index is 12.3. The molecule has 1 N–H and O–H groups in total. The predicted octanol–water partition coefficient (Wildman–Crippen LogP) is 1.97. The lowest BCUT2D eigenvalue weighted by molar-refractivity contribution is -0.129.